The van der Waals surface area contributed by atoms with Gasteiger partial charge >= 0.3 is 6.18 Å². The number of halogens is 3. The second-order valence-electron chi connectivity index (χ2n) is 4.03. The normalized spacial score (nSPS) is 12.6. The van der Waals surface area contributed by atoms with Crippen LogP contribution in [0.15, 0.2) is 60.7 Å². The van der Waals surface area contributed by atoms with Crippen molar-refractivity contribution in [3.8, 4) is 0 Å². The highest BCUT2D eigenvalue weighted by Gasteiger charge is 2.58. The molecule has 0 aliphatic rings. The molecule has 0 N–H and O–H groups in total. The first-order chi connectivity index (χ1) is 9.02. The number of rotatable bonds is 3. The molecular formula is C14H10F3OP. The monoisotopic (exact) mass is 282 g/mol. The standard InChI is InChI=1S/C14H10F3OP/c15-14(16,17)13(19-18,11-7-3-1-4-8-11)12-9-5-2-6-10-12/h1-10H. The van der Waals surface area contributed by atoms with Crippen LogP contribution in [0.5, 0.6) is 0 Å². The third kappa shape index (κ3) is 2.28. The van der Waals surface area contributed by atoms with E-state index in [2.05, 4.69) is 0 Å². The van der Waals surface area contributed by atoms with Gasteiger partial charge in [-0.15, -0.1) is 0 Å². The highest BCUT2D eigenvalue weighted by Crippen LogP contribution is 2.53. The van der Waals surface area contributed by atoms with E-state index in [0.717, 1.165) is 0 Å². The first kappa shape index (κ1) is 13.8. The van der Waals surface area contributed by atoms with Crippen LogP contribution >= 0.6 is 8.46 Å². The summed E-state index contributed by atoms with van der Waals surface area (Å²) in [6.45, 7) is 0. The molecule has 0 saturated carbocycles. The predicted molar refractivity (Wildman–Crippen MR) is 67.3 cm³/mol. The van der Waals surface area contributed by atoms with Crippen LogP contribution in [0.2, 0.25) is 0 Å². The van der Waals surface area contributed by atoms with Gasteiger partial charge in [-0.3, -0.25) is 4.57 Å². The Balaban J connectivity index is 2.74. The quantitative estimate of drug-likeness (QED) is 0.740. The lowest BCUT2D eigenvalue weighted by Gasteiger charge is -2.30. The highest BCUT2D eigenvalue weighted by atomic mass is 31.1. The summed E-state index contributed by atoms with van der Waals surface area (Å²) in [5.74, 6) is 0. The third-order valence-electron chi connectivity index (χ3n) is 2.93. The molecule has 0 fully saturated rings. The minimum atomic E-state index is -4.65. The zero-order chi connectivity index (χ0) is 13.9. The molecule has 0 amide bonds. The SMILES string of the molecule is O=PC(c1ccccc1)(c1ccccc1)C(F)(F)F. The Kier molecular flexibility index (Phi) is 3.72. The summed E-state index contributed by atoms with van der Waals surface area (Å²) in [5, 5.41) is -2.52. The summed E-state index contributed by atoms with van der Waals surface area (Å²) in [6, 6.07) is 14.6. The smallest absolute Gasteiger partial charge is 0.273 e. The van der Waals surface area contributed by atoms with Gasteiger partial charge in [0.2, 0.25) is 0 Å². The lowest BCUT2D eigenvalue weighted by atomic mass is 9.89. The third-order valence-corrected chi connectivity index (χ3v) is 3.97. The van der Waals surface area contributed by atoms with Crippen LogP contribution in [-0.2, 0) is 9.72 Å². The molecule has 0 heterocycles. The van der Waals surface area contributed by atoms with E-state index >= 15 is 0 Å². The van der Waals surface area contributed by atoms with Gasteiger partial charge in [0.1, 0.15) is 0 Å². The fourth-order valence-corrected chi connectivity index (χ4v) is 2.62. The second kappa shape index (κ2) is 5.14. The van der Waals surface area contributed by atoms with E-state index in [9.17, 15) is 17.7 Å². The molecule has 0 saturated heterocycles. The Morgan fingerprint density at radius 3 is 1.37 bits per heavy atom. The zero-order valence-corrected chi connectivity index (χ0v) is 10.7. The molecule has 1 nitrogen and oxygen atoms in total. The number of hydrogen-bond donors (Lipinski definition) is 0. The van der Waals surface area contributed by atoms with Gasteiger partial charge < -0.3 is 0 Å². The molecule has 0 spiro atoms. The fourth-order valence-electron chi connectivity index (χ4n) is 2.01. The average molecular weight is 282 g/mol. The van der Waals surface area contributed by atoms with E-state index in [0.29, 0.717) is 0 Å². The van der Waals surface area contributed by atoms with E-state index in [1.54, 1.807) is 12.1 Å². The molecular weight excluding hydrogens is 272 g/mol. The maximum Gasteiger partial charge on any atom is 0.413 e. The number of alkyl halides is 3. The maximum absolute atomic E-state index is 13.5. The Morgan fingerprint density at radius 2 is 1.11 bits per heavy atom. The highest BCUT2D eigenvalue weighted by molar-refractivity contribution is 7.26. The van der Waals surface area contributed by atoms with E-state index in [1.165, 1.54) is 48.5 Å². The first-order valence-corrected chi connectivity index (χ1v) is 6.36. The van der Waals surface area contributed by atoms with Crippen molar-refractivity contribution in [3.05, 3.63) is 71.8 Å². The minimum absolute atomic E-state index is 0.0367. The Morgan fingerprint density at radius 1 is 0.737 bits per heavy atom. The lowest BCUT2D eigenvalue weighted by molar-refractivity contribution is -0.153. The topological polar surface area (TPSA) is 17.1 Å². The molecule has 0 aliphatic carbocycles. The Labute approximate surface area is 110 Å². The largest absolute Gasteiger partial charge is 0.413 e. The summed E-state index contributed by atoms with van der Waals surface area (Å²) in [6.07, 6.45) is -4.65. The van der Waals surface area contributed by atoms with Gasteiger partial charge in [-0.05, 0) is 11.1 Å². The van der Waals surface area contributed by atoms with Crippen LogP contribution < -0.4 is 0 Å². The van der Waals surface area contributed by atoms with E-state index in [1.807, 2.05) is 0 Å². The molecule has 0 bridgehead atoms. The molecule has 2 aromatic rings. The molecule has 0 aliphatic heterocycles. The predicted octanol–water partition coefficient (Wildman–Crippen LogP) is 4.78. The van der Waals surface area contributed by atoms with E-state index in [4.69, 9.17) is 0 Å². The van der Waals surface area contributed by atoms with Crippen LogP contribution in [0.4, 0.5) is 13.2 Å². The number of hydrogen-bond acceptors (Lipinski definition) is 1. The van der Waals surface area contributed by atoms with Crippen molar-refractivity contribution >= 4 is 8.46 Å². The van der Waals surface area contributed by atoms with E-state index < -0.39 is 19.8 Å². The molecule has 0 aromatic heterocycles. The molecule has 2 rings (SSSR count). The van der Waals surface area contributed by atoms with Gasteiger partial charge in [0, 0.05) is 0 Å². The van der Waals surface area contributed by atoms with Crippen molar-refractivity contribution in [3.63, 3.8) is 0 Å². The van der Waals surface area contributed by atoms with Crippen molar-refractivity contribution < 1.29 is 17.7 Å². The van der Waals surface area contributed by atoms with Crippen molar-refractivity contribution in [2.24, 2.45) is 0 Å². The van der Waals surface area contributed by atoms with E-state index in [-0.39, 0.29) is 11.1 Å². The van der Waals surface area contributed by atoms with Crippen LogP contribution in [0.1, 0.15) is 11.1 Å². The van der Waals surface area contributed by atoms with Gasteiger partial charge in [0.15, 0.2) is 13.6 Å². The Bertz CT molecular complexity index is 512. The molecule has 2 aromatic carbocycles. The van der Waals surface area contributed by atoms with Gasteiger partial charge in [0.25, 0.3) is 0 Å². The lowest BCUT2D eigenvalue weighted by Crippen LogP contribution is -2.38. The molecule has 19 heavy (non-hydrogen) atoms. The van der Waals surface area contributed by atoms with Crippen LogP contribution in [0, 0.1) is 0 Å². The van der Waals surface area contributed by atoms with Crippen LogP contribution in [-0.4, -0.2) is 6.18 Å². The van der Waals surface area contributed by atoms with Gasteiger partial charge in [-0.1, -0.05) is 60.7 Å². The summed E-state index contributed by atoms with van der Waals surface area (Å²) < 4.78 is 52.1. The molecule has 5 heteroatoms. The first-order valence-electron chi connectivity index (χ1n) is 5.54. The second-order valence-corrected chi connectivity index (χ2v) is 4.88. The zero-order valence-electron chi connectivity index (χ0n) is 9.76. The molecule has 0 unspecified atom stereocenters. The summed E-state index contributed by atoms with van der Waals surface area (Å²) >= 11 is 0. The summed E-state index contributed by atoms with van der Waals surface area (Å²) in [7, 11) is -0.997. The van der Waals surface area contributed by atoms with Crippen molar-refractivity contribution in [1.29, 1.82) is 0 Å². The summed E-state index contributed by atoms with van der Waals surface area (Å²) in [4.78, 5) is 0. The van der Waals surface area contributed by atoms with Gasteiger partial charge in [-0.25, -0.2) is 0 Å². The van der Waals surface area contributed by atoms with Gasteiger partial charge in [0.05, 0.1) is 0 Å². The molecule has 0 atom stereocenters. The van der Waals surface area contributed by atoms with Crippen molar-refractivity contribution in [1.82, 2.24) is 0 Å². The molecule has 0 radical (unpaired) electrons. The average Bonchev–Trinajstić information content (AvgIpc) is 2.41. The maximum atomic E-state index is 13.5. The molecule has 98 valence electrons. The van der Waals surface area contributed by atoms with Crippen LogP contribution in [0.3, 0.4) is 0 Å². The minimum Gasteiger partial charge on any atom is -0.273 e. The number of benzene rings is 2. The Hall–Kier alpha value is -1.67. The fraction of sp³-hybridized carbons (Fsp3) is 0.143. The van der Waals surface area contributed by atoms with Crippen molar-refractivity contribution in [2.45, 2.75) is 11.3 Å². The van der Waals surface area contributed by atoms with Crippen LogP contribution in [0.25, 0.3) is 0 Å². The van der Waals surface area contributed by atoms with Gasteiger partial charge in [-0.2, -0.15) is 13.2 Å². The van der Waals surface area contributed by atoms with Crippen molar-refractivity contribution in [2.75, 3.05) is 0 Å². The summed E-state index contributed by atoms with van der Waals surface area (Å²) in [5.41, 5.74) is -0.0734.